The van der Waals surface area contributed by atoms with E-state index in [9.17, 15) is 9.59 Å². The molecule has 12 heteroatoms. The van der Waals surface area contributed by atoms with Crippen LogP contribution in [0.5, 0.6) is 5.88 Å². The Morgan fingerprint density at radius 3 is 2.40 bits per heavy atom. The molecule has 0 radical (unpaired) electrons. The van der Waals surface area contributed by atoms with Gasteiger partial charge in [-0.15, -0.1) is 0 Å². The molecule has 0 bridgehead atoms. The number of hydrogen-bond donors (Lipinski definition) is 4. The van der Waals surface area contributed by atoms with Crippen LogP contribution in [0.15, 0.2) is 77.9 Å². The molecule has 242 valence electrons. The quantitative estimate of drug-likeness (QED) is 0.138. The number of amides is 1. The second kappa shape index (κ2) is 14.6. The lowest BCUT2D eigenvalue weighted by Gasteiger charge is -2.15. The lowest BCUT2D eigenvalue weighted by molar-refractivity contribution is -0.119. The van der Waals surface area contributed by atoms with Crippen molar-refractivity contribution in [3.63, 3.8) is 0 Å². The Labute approximate surface area is 281 Å². The van der Waals surface area contributed by atoms with Gasteiger partial charge in [0.05, 0.1) is 29.5 Å². The number of carbonyl (C=O) groups is 1. The predicted molar refractivity (Wildman–Crippen MR) is 184 cm³/mol. The molecule has 1 aliphatic heterocycles. The van der Waals surface area contributed by atoms with Gasteiger partial charge in [0, 0.05) is 84.4 Å². The summed E-state index contributed by atoms with van der Waals surface area (Å²) in [5.74, 6) is 0.535. The van der Waals surface area contributed by atoms with E-state index in [2.05, 4.69) is 20.9 Å². The first-order valence-corrected chi connectivity index (χ1v) is 16.1. The van der Waals surface area contributed by atoms with E-state index in [4.69, 9.17) is 38.0 Å². The fraction of sp³-hybridized carbons (Fsp3) is 0.257. The van der Waals surface area contributed by atoms with Gasteiger partial charge in [-0.1, -0.05) is 65.7 Å². The van der Waals surface area contributed by atoms with Gasteiger partial charge in [0.25, 0.3) is 5.56 Å². The number of nitrogens with zero attached hydrogens (tertiary/aromatic N) is 3. The summed E-state index contributed by atoms with van der Waals surface area (Å²) in [7, 11) is 1.57. The van der Waals surface area contributed by atoms with Gasteiger partial charge < -0.3 is 25.8 Å². The normalized spacial score (nSPS) is 14.5. The SMILES string of the molecule is COc1nc(-c2cccc(-c3cccc(-c4ccn5c(=O)c(CNC[C@@H]6CCC(=O)N6)cnc5c4)c3Cl)c2Cl)ccc1CNCCO. The Morgan fingerprint density at radius 1 is 0.957 bits per heavy atom. The number of rotatable bonds is 12. The Kier molecular flexibility index (Phi) is 10.1. The van der Waals surface area contributed by atoms with Crippen LogP contribution in [0, 0.1) is 0 Å². The highest BCUT2D eigenvalue weighted by molar-refractivity contribution is 6.39. The number of aliphatic hydroxyl groups is 1. The minimum absolute atomic E-state index is 0.0430. The summed E-state index contributed by atoms with van der Waals surface area (Å²) >= 11 is 14.1. The Balaban J connectivity index is 1.26. The third kappa shape index (κ3) is 7.02. The van der Waals surface area contributed by atoms with Crippen molar-refractivity contribution >= 4 is 34.8 Å². The molecule has 1 amide bonds. The van der Waals surface area contributed by atoms with Crippen LogP contribution in [0.25, 0.3) is 39.2 Å². The third-order valence-corrected chi connectivity index (χ3v) is 9.00. The molecule has 1 atom stereocenters. The van der Waals surface area contributed by atoms with Gasteiger partial charge >= 0.3 is 0 Å². The first kappa shape index (κ1) is 32.6. The number of halogens is 2. The molecule has 10 nitrogen and oxygen atoms in total. The van der Waals surface area contributed by atoms with E-state index < -0.39 is 0 Å². The highest BCUT2D eigenvalue weighted by atomic mass is 35.5. The van der Waals surface area contributed by atoms with Gasteiger partial charge in [-0.3, -0.25) is 14.0 Å². The number of carbonyl (C=O) groups excluding carboxylic acids is 1. The molecule has 4 N–H and O–H groups in total. The summed E-state index contributed by atoms with van der Waals surface area (Å²) in [6.07, 6.45) is 4.62. The number of aliphatic hydroxyl groups excluding tert-OH is 1. The molecule has 3 aromatic heterocycles. The standard InChI is InChI=1S/C35H34Cl2N6O4/c1-47-34-22(17-38-13-15-44)8-10-29(42-34)28-7-3-6-27(33(28)37)26-5-2-4-25(32(26)36)21-12-14-43-30(16-21)40-19-23(35(43)46)18-39-20-24-9-11-31(45)41-24/h2-8,10,12,14,16,19,24,38-39,44H,9,11,13,15,17-18,20H2,1H3,(H,41,45)/t24-/m0/s1. The summed E-state index contributed by atoms with van der Waals surface area (Å²) < 4.78 is 7.06. The van der Waals surface area contributed by atoms with Crippen molar-refractivity contribution in [2.24, 2.45) is 0 Å². The predicted octanol–water partition coefficient (Wildman–Crippen LogP) is 4.86. The van der Waals surface area contributed by atoms with Crippen molar-refractivity contribution < 1.29 is 14.6 Å². The molecular formula is C35H34Cl2N6O4. The molecule has 2 aromatic carbocycles. The largest absolute Gasteiger partial charge is 0.481 e. The number of fused-ring (bicyclic) bond motifs is 1. The molecule has 0 aliphatic carbocycles. The molecule has 47 heavy (non-hydrogen) atoms. The van der Waals surface area contributed by atoms with E-state index in [0.29, 0.717) is 65.4 Å². The molecule has 0 spiro atoms. The van der Waals surface area contributed by atoms with E-state index >= 15 is 0 Å². The zero-order valence-electron chi connectivity index (χ0n) is 25.7. The molecule has 1 fully saturated rings. The molecule has 5 aromatic rings. The fourth-order valence-corrected chi connectivity index (χ4v) is 6.41. The van der Waals surface area contributed by atoms with Crippen LogP contribution in [0.4, 0.5) is 0 Å². The number of hydrogen-bond acceptors (Lipinski definition) is 8. The number of ether oxygens (including phenoxy) is 1. The van der Waals surface area contributed by atoms with Crippen LogP contribution < -0.4 is 26.2 Å². The van der Waals surface area contributed by atoms with Crippen LogP contribution in [-0.2, 0) is 17.9 Å². The van der Waals surface area contributed by atoms with Crippen LogP contribution >= 0.6 is 23.2 Å². The maximum atomic E-state index is 13.2. The van der Waals surface area contributed by atoms with Gasteiger partial charge in [-0.25, -0.2) is 9.97 Å². The van der Waals surface area contributed by atoms with Gasteiger partial charge in [-0.05, 0) is 30.2 Å². The van der Waals surface area contributed by atoms with Crippen molar-refractivity contribution in [2.75, 3.05) is 26.8 Å². The van der Waals surface area contributed by atoms with Gasteiger partial charge in [0.1, 0.15) is 5.65 Å². The van der Waals surface area contributed by atoms with Crippen molar-refractivity contribution in [1.82, 2.24) is 30.3 Å². The zero-order chi connectivity index (χ0) is 32.9. The molecule has 1 aliphatic rings. The first-order chi connectivity index (χ1) is 22.9. The Morgan fingerprint density at radius 2 is 1.68 bits per heavy atom. The van der Waals surface area contributed by atoms with E-state index in [-0.39, 0.29) is 24.1 Å². The molecule has 6 rings (SSSR count). The highest BCUT2D eigenvalue weighted by Gasteiger charge is 2.21. The molecule has 0 unspecified atom stereocenters. The summed E-state index contributed by atoms with van der Waals surface area (Å²) in [5, 5.41) is 19.4. The van der Waals surface area contributed by atoms with Crippen molar-refractivity contribution in [1.29, 1.82) is 0 Å². The highest BCUT2D eigenvalue weighted by Crippen LogP contribution is 2.42. The van der Waals surface area contributed by atoms with Crippen LogP contribution in [0.1, 0.15) is 24.0 Å². The molecule has 0 saturated carbocycles. The lowest BCUT2D eigenvalue weighted by Crippen LogP contribution is -2.36. The van der Waals surface area contributed by atoms with Gasteiger partial charge in [0.15, 0.2) is 0 Å². The summed E-state index contributed by atoms with van der Waals surface area (Å²) in [5.41, 5.74) is 6.18. The average molecular weight is 674 g/mol. The number of pyridine rings is 2. The smallest absolute Gasteiger partial charge is 0.262 e. The average Bonchev–Trinajstić information content (AvgIpc) is 3.51. The minimum Gasteiger partial charge on any atom is -0.481 e. The van der Waals surface area contributed by atoms with E-state index in [0.717, 1.165) is 39.8 Å². The maximum Gasteiger partial charge on any atom is 0.262 e. The summed E-state index contributed by atoms with van der Waals surface area (Å²) in [6, 6.07) is 19.1. The topological polar surface area (TPSA) is 130 Å². The zero-order valence-corrected chi connectivity index (χ0v) is 27.2. The van der Waals surface area contributed by atoms with Crippen molar-refractivity contribution in [3.8, 4) is 39.4 Å². The number of benzene rings is 2. The molecule has 4 heterocycles. The van der Waals surface area contributed by atoms with E-state index in [1.165, 1.54) is 4.40 Å². The third-order valence-electron chi connectivity index (χ3n) is 8.18. The minimum atomic E-state index is -0.160. The molecular weight excluding hydrogens is 639 g/mol. The fourth-order valence-electron chi connectivity index (χ4n) is 5.75. The van der Waals surface area contributed by atoms with Gasteiger partial charge in [-0.2, -0.15) is 0 Å². The van der Waals surface area contributed by atoms with Crippen LogP contribution in [0.2, 0.25) is 10.0 Å². The summed E-state index contributed by atoms with van der Waals surface area (Å²) in [4.78, 5) is 33.9. The second-order valence-corrected chi connectivity index (χ2v) is 12.0. The molecule has 1 saturated heterocycles. The van der Waals surface area contributed by atoms with Crippen molar-refractivity contribution in [3.05, 3.63) is 105 Å². The van der Waals surface area contributed by atoms with Gasteiger partial charge in [0.2, 0.25) is 11.8 Å². The summed E-state index contributed by atoms with van der Waals surface area (Å²) in [6.45, 7) is 1.96. The van der Waals surface area contributed by atoms with Crippen molar-refractivity contribution in [2.45, 2.75) is 32.0 Å². The van der Waals surface area contributed by atoms with Crippen LogP contribution in [-0.4, -0.2) is 58.2 Å². The second-order valence-electron chi connectivity index (χ2n) is 11.3. The monoisotopic (exact) mass is 672 g/mol. The number of nitrogens with one attached hydrogen (secondary N) is 3. The lowest BCUT2D eigenvalue weighted by atomic mass is 9.97. The Hall–Kier alpha value is -4.32. The number of aromatic nitrogens is 3. The maximum absolute atomic E-state index is 13.2. The van der Waals surface area contributed by atoms with Crippen LogP contribution in [0.3, 0.4) is 0 Å². The first-order valence-electron chi connectivity index (χ1n) is 15.3. The van der Waals surface area contributed by atoms with E-state index in [1.54, 1.807) is 19.5 Å². The Bertz CT molecular complexity index is 2000. The van der Waals surface area contributed by atoms with E-state index in [1.807, 2.05) is 60.7 Å². The number of methoxy groups -OCH3 is 1.